The molecule has 0 heterocycles. The van der Waals surface area contributed by atoms with Crippen molar-refractivity contribution in [1.82, 2.24) is 0 Å². The highest BCUT2D eigenvalue weighted by Gasteiger charge is 2.17. The molecule has 0 amide bonds. The molecule has 2 rings (SSSR count). The zero-order chi connectivity index (χ0) is 20.0. The molecule has 2 aromatic carbocycles. The van der Waals surface area contributed by atoms with Crippen molar-refractivity contribution in [1.29, 1.82) is 0 Å². The second-order valence-electron chi connectivity index (χ2n) is 7.90. The summed E-state index contributed by atoms with van der Waals surface area (Å²) in [6.07, 6.45) is 15.1. The van der Waals surface area contributed by atoms with E-state index in [9.17, 15) is 4.89 Å². The van der Waals surface area contributed by atoms with Crippen molar-refractivity contribution in [3.05, 3.63) is 59.7 Å². The van der Waals surface area contributed by atoms with E-state index in [2.05, 4.69) is 62.4 Å². The Morgan fingerprint density at radius 3 is 1.39 bits per heavy atom. The van der Waals surface area contributed by atoms with Gasteiger partial charge >= 0.3 is 0 Å². The summed E-state index contributed by atoms with van der Waals surface area (Å²) in [6.45, 7) is 4.52. The summed E-state index contributed by atoms with van der Waals surface area (Å²) < 4.78 is 0. The van der Waals surface area contributed by atoms with Gasteiger partial charge in [-0.3, -0.25) is 0 Å². The molecule has 0 aliphatic rings. The molecule has 154 valence electrons. The maximum absolute atomic E-state index is 11.3. The van der Waals surface area contributed by atoms with Crippen LogP contribution in [0.5, 0.6) is 0 Å². The molecule has 0 unspecified atom stereocenters. The normalized spacial score (nSPS) is 11.3. The second kappa shape index (κ2) is 13.9. The van der Waals surface area contributed by atoms with E-state index >= 15 is 0 Å². The van der Waals surface area contributed by atoms with Gasteiger partial charge in [-0.25, -0.2) is 0 Å². The minimum absolute atomic E-state index is 1.08. The van der Waals surface area contributed by atoms with Gasteiger partial charge < -0.3 is 4.89 Å². The number of benzene rings is 2. The molecule has 0 radical (unpaired) electrons. The van der Waals surface area contributed by atoms with Gasteiger partial charge in [0, 0.05) is 10.6 Å². The van der Waals surface area contributed by atoms with E-state index < -0.39 is 8.15 Å². The SMILES string of the molecule is CCCCCCCc1ccccc1P(O)c1ccccc1CCCCCCC. The Bertz CT molecular complexity index is 609. The lowest BCUT2D eigenvalue weighted by molar-refractivity contribution is 0.629. The molecule has 1 N–H and O–H groups in total. The van der Waals surface area contributed by atoms with E-state index in [1.54, 1.807) is 0 Å². The van der Waals surface area contributed by atoms with Crippen LogP contribution in [0, 0.1) is 0 Å². The van der Waals surface area contributed by atoms with Crippen LogP contribution in [0.4, 0.5) is 0 Å². The fourth-order valence-corrected chi connectivity index (χ4v) is 5.46. The first-order chi connectivity index (χ1) is 13.8. The fourth-order valence-electron chi connectivity index (χ4n) is 3.83. The number of hydrogen-bond donors (Lipinski definition) is 1. The first-order valence-electron chi connectivity index (χ1n) is 11.4. The lowest BCUT2D eigenvalue weighted by Gasteiger charge is -2.19. The molecule has 2 heteroatoms. The van der Waals surface area contributed by atoms with Crippen LogP contribution in [0.3, 0.4) is 0 Å². The van der Waals surface area contributed by atoms with Gasteiger partial charge in [0.1, 0.15) is 0 Å². The Morgan fingerprint density at radius 1 is 0.571 bits per heavy atom. The number of rotatable bonds is 14. The van der Waals surface area contributed by atoms with Crippen molar-refractivity contribution in [3.63, 3.8) is 0 Å². The Balaban J connectivity index is 2.04. The van der Waals surface area contributed by atoms with E-state index in [4.69, 9.17) is 0 Å². The molecule has 0 aliphatic carbocycles. The monoisotopic (exact) mass is 398 g/mol. The zero-order valence-corrected chi connectivity index (χ0v) is 18.9. The Hall–Kier alpha value is -1.17. The summed E-state index contributed by atoms with van der Waals surface area (Å²) in [5, 5.41) is 2.32. The van der Waals surface area contributed by atoms with Crippen molar-refractivity contribution < 1.29 is 4.89 Å². The van der Waals surface area contributed by atoms with Crippen molar-refractivity contribution >= 4 is 18.8 Å². The van der Waals surface area contributed by atoms with Gasteiger partial charge in [-0.05, 0) is 36.8 Å². The quantitative estimate of drug-likeness (QED) is 0.267. The summed E-state index contributed by atoms with van der Waals surface area (Å²) in [4.78, 5) is 11.3. The van der Waals surface area contributed by atoms with Crippen LogP contribution in [0.25, 0.3) is 0 Å². The minimum atomic E-state index is -1.27. The highest BCUT2D eigenvalue weighted by Crippen LogP contribution is 2.32. The Labute approximate surface area is 174 Å². The maximum atomic E-state index is 11.3. The topological polar surface area (TPSA) is 20.2 Å². The van der Waals surface area contributed by atoms with Crippen LogP contribution < -0.4 is 10.6 Å². The van der Waals surface area contributed by atoms with Crippen LogP contribution >= 0.6 is 8.15 Å². The van der Waals surface area contributed by atoms with E-state index in [1.165, 1.54) is 75.3 Å². The van der Waals surface area contributed by atoms with Crippen molar-refractivity contribution in [3.8, 4) is 0 Å². The molecule has 0 atom stereocenters. The molecule has 0 bridgehead atoms. The van der Waals surface area contributed by atoms with Crippen LogP contribution in [0.1, 0.15) is 89.2 Å². The van der Waals surface area contributed by atoms with Crippen LogP contribution in [-0.2, 0) is 12.8 Å². The van der Waals surface area contributed by atoms with Gasteiger partial charge in [-0.2, -0.15) is 0 Å². The molecule has 2 aromatic rings. The smallest absolute Gasteiger partial charge is 0.0882 e. The molecule has 0 aromatic heterocycles. The van der Waals surface area contributed by atoms with Gasteiger partial charge in [0.25, 0.3) is 0 Å². The van der Waals surface area contributed by atoms with Gasteiger partial charge in [-0.1, -0.05) is 114 Å². The average molecular weight is 399 g/mol. The first kappa shape index (κ1) is 23.1. The molecule has 0 saturated carbocycles. The van der Waals surface area contributed by atoms with Crippen molar-refractivity contribution in [2.45, 2.75) is 90.9 Å². The highest BCUT2D eigenvalue weighted by atomic mass is 31.1. The minimum Gasteiger partial charge on any atom is -0.364 e. The van der Waals surface area contributed by atoms with Gasteiger partial charge in [-0.15, -0.1) is 0 Å². The average Bonchev–Trinajstić information content (AvgIpc) is 2.73. The first-order valence-corrected chi connectivity index (χ1v) is 12.7. The predicted octanol–water partition coefficient (Wildman–Crippen LogP) is 7.05. The van der Waals surface area contributed by atoms with E-state index in [1.807, 2.05) is 0 Å². The molecule has 1 nitrogen and oxygen atoms in total. The van der Waals surface area contributed by atoms with E-state index in [0.717, 1.165) is 23.5 Å². The van der Waals surface area contributed by atoms with Gasteiger partial charge in [0.05, 0.1) is 8.15 Å². The number of hydrogen-bond acceptors (Lipinski definition) is 1. The summed E-state index contributed by atoms with van der Waals surface area (Å²) in [5.74, 6) is 0. The third kappa shape index (κ3) is 7.69. The Morgan fingerprint density at radius 2 is 0.964 bits per heavy atom. The molecule has 28 heavy (non-hydrogen) atoms. The molecule has 0 saturated heterocycles. The zero-order valence-electron chi connectivity index (χ0n) is 18.0. The summed E-state index contributed by atoms with van der Waals surface area (Å²) in [7, 11) is -1.27. The lowest BCUT2D eigenvalue weighted by Crippen LogP contribution is -2.18. The third-order valence-corrected chi connectivity index (χ3v) is 7.32. The van der Waals surface area contributed by atoms with Crippen molar-refractivity contribution in [2.75, 3.05) is 0 Å². The van der Waals surface area contributed by atoms with Crippen LogP contribution in [0.2, 0.25) is 0 Å². The summed E-state index contributed by atoms with van der Waals surface area (Å²) >= 11 is 0. The number of aryl methyl sites for hydroxylation is 2. The highest BCUT2D eigenvalue weighted by molar-refractivity contribution is 7.67. The number of unbranched alkanes of at least 4 members (excludes halogenated alkanes) is 8. The second-order valence-corrected chi connectivity index (χ2v) is 9.48. The molecular weight excluding hydrogens is 359 g/mol. The summed E-state index contributed by atoms with van der Waals surface area (Å²) in [6, 6.07) is 17.1. The summed E-state index contributed by atoms with van der Waals surface area (Å²) in [5.41, 5.74) is 2.68. The Kier molecular flexibility index (Phi) is 11.5. The van der Waals surface area contributed by atoms with Gasteiger partial charge in [0.2, 0.25) is 0 Å². The van der Waals surface area contributed by atoms with E-state index in [-0.39, 0.29) is 0 Å². The predicted molar refractivity (Wildman–Crippen MR) is 126 cm³/mol. The maximum Gasteiger partial charge on any atom is 0.0882 e. The molecular formula is C26H39OP. The standard InChI is InChI=1S/C26H39OP/c1-3-5-7-9-11-17-23-19-13-15-21-25(23)28(27)26-22-16-14-20-24(26)18-12-10-8-6-4-2/h13-16,19-22,27H,3-12,17-18H2,1-2H3. The van der Waals surface area contributed by atoms with Gasteiger partial charge in [0.15, 0.2) is 0 Å². The lowest BCUT2D eigenvalue weighted by atomic mass is 10.1. The third-order valence-electron chi connectivity index (χ3n) is 5.54. The van der Waals surface area contributed by atoms with Crippen LogP contribution in [-0.4, -0.2) is 4.89 Å². The largest absolute Gasteiger partial charge is 0.364 e. The molecule has 0 spiro atoms. The molecule has 0 fully saturated rings. The molecule has 0 aliphatic heterocycles. The van der Waals surface area contributed by atoms with Crippen molar-refractivity contribution in [2.24, 2.45) is 0 Å². The fraction of sp³-hybridized carbons (Fsp3) is 0.538. The van der Waals surface area contributed by atoms with Crippen LogP contribution in [0.15, 0.2) is 48.5 Å². The van der Waals surface area contributed by atoms with E-state index in [0.29, 0.717) is 0 Å².